The molecule has 2 aromatic rings. The van der Waals surface area contributed by atoms with Crippen LogP contribution in [0, 0.1) is 17.0 Å². The second kappa shape index (κ2) is 8.43. The van der Waals surface area contributed by atoms with Gasteiger partial charge in [0.25, 0.3) is 5.91 Å². The molecule has 0 unspecified atom stereocenters. The number of phenolic OH excluding ortho intramolecular Hbond substituents is 1. The zero-order chi connectivity index (χ0) is 19.3. The molecular formula is C17H17BrN4O4. The average molecular weight is 421 g/mol. The van der Waals surface area contributed by atoms with Gasteiger partial charge in [-0.05, 0) is 37.6 Å². The van der Waals surface area contributed by atoms with Gasteiger partial charge in [0.05, 0.1) is 11.1 Å². The number of hydrogen-bond acceptors (Lipinski definition) is 6. The van der Waals surface area contributed by atoms with Crippen LogP contribution < -0.4 is 10.7 Å². The largest absolute Gasteiger partial charge is 0.502 e. The molecule has 0 aliphatic carbocycles. The molecule has 0 saturated carbocycles. The van der Waals surface area contributed by atoms with Gasteiger partial charge in [-0.15, -0.1) is 0 Å². The summed E-state index contributed by atoms with van der Waals surface area (Å²) >= 11 is 3.13. The number of nitro benzene ring substituents is 1. The summed E-state index contributed by atoms with van der Waals surface area (Å²) in [5.41, 5.74) is 3.84. The minimum Gasteiger partial charge on any atom is -0.502 e. The number of nitrogens with zero attached hydrogens (tertiary/aromatic N) is 2. The molecule has 26 heavy (non-hydrogen) atoms. The fourth-order valence-electron chi connectivity index (χ4n) is 2.16. The SMILES string of the molecule is Cc1cccc(N[C@@H](C)C(=O)N/N=C\c2cc(Br)cc([N+](=O)[O-])c2O)c1. The maximum absolute atomic E-state index is 12.1. The maximum Gasteiger partial charge on any atom is 0.312 e. The third-order valence-electron chi connectivity index (χ3n) is 3.45. The Labute approximate surface area is 158 Å². The van der Waals surface area contributed by atoms with Crippen molar-refractivity contribution in [2.75, 3.05) is 5.32 Å². The summed E-state index contributed by atoms with van der Waals surface area (Å²) in [5.74, 6) is -0.922. The summed E-state index contributed by atoms with van der Waals surface area (Å²) < 4.78 is 0.407. The van der Waals surface area contributed by atoms with Gasteiger partial charge < -0.3 is 10.4 Å². The van der Waals surface area contributed by atoms with E-state index in [1.165, 1.54) is 12.1 Å². The second-order valence-electron chi connectivity index (χ2n) is 5.59. The second-order valence-corrected chi connectivity index (χ2v) is 6.51. The monoisotopic (exact) mass is 420 g/mol. The Bertz CT molecular complexity index is 870. The van der Waals surface area contributed by atoms with E-state index in [1.54, 1.807) is 6.92 Å². The van der Waals surface area contributed by atoms with Crippen LogP contribution in [0.2, 0.25) is 0 Å². The third-order valence-corrected chi connectivity index (χ3v) is 3.91. The number of nitrogens with one attached hydrogen (secondary N) is 2. The van der Waals surface area contributed by atoms with Gasteiger partial charge in [-0.1, -0.05) is 28.1 Å². The minimum absolute atomic E-state index is 0.102. The Morgan fingerprint density at radius 1 is 1.38 bits per heavy atom. The number of aromatic hydroxyl groups is 1. The van der Waals surface area contributed by atoms with Crippen LogP contribution in [-0.4, -0.2) is 28.2 Å². The number of rotatable bonds is 6. The number of hydrogen-bond donors (Lipinski definition) is 3. The zero-order valence-electron chi connectivity index (χ0n) is 14.1. The number of aryl methyl sites for hydroxylation is 1. The quantitative estimate of drug-likeness (QED) is 0.376. The third kappa shape index (κ3) is 5.03. The number of carbonyl (C=O) groups is 1. The summed E-state index contributed by atoms with van der Waals surface area (Å²) in [6, 6.07) is 9.66. The van der Waals surface area contributed by atoms with Crippen LogP contribution in [0.25, 0.3) is 0 Å². The number of amides is 1. The molecule has 9 heteroatoms. The highest BCUT2D eigenvalue weighted by Gasteiger charge is 2.18. The summed E-state index contributed by atoms with van der Waals surface area (Å²) in [4.78, 5) is 22.3. The lowest BCUT2D eigenvalue weighted by Crippen LogP contribution is -2.34. The van der Waals surface area contributed by atoms with Crippen molar-refractivity contribution in [2.24, 2.45) is 5.10 Å². The van der Waals surface area contributed by atoms with Gasteiger partial charge in [0.1, 0.15) is 6.04 Å². The van der Waals surface area contributed by atoms with Gasteiger partial charge >= 0.3 is 5.69 Å². The Balaban J connectivity index is 2.03. The predicted molar refractivity (Wildman–Crippen MR) is 102 cm³/mol. The van der Waals surface area contributed by atoms with Gasteiger partial charge in [-0.2, -0.15) is 5.10 Å². The van der Waals surface area contributed by atoms with Crippen LogP contribution in [0.15, 0.2) is 46.0 Å². The summed E-state index contributed by atoms with van der Waals surface area (Å²) in [5, 5.41) is 27.6. The number of carbonyl (C=O) groups excluding carboxylic acids is 1. The highest BCUT2D eigenvalue weighted by molar-refractivity contribution is 9.10. The average Bonchev–Trinajstić information content (AvgIpc) is 2.57. The van der Waals surface area contributed by atoms with Crippen molar-refractivity contribution >= 4 is 39.4 Å². The highest BCUT2D eigenvalue weighted by atomic mass is 79.9. The molecule has 2 aromatic carbocycles. The Morgan fingerprint density at radius 2 is 2.12 bits per heavy atom. The van der Waals surface area contributed by atoms with E-state index in [2.05, 4.69) is 31.8 Å². The van der Waals surface area contributed by atoms with Gasteiger partial charge in [0, 0.05) is 21.8 Å². The van der Waals surface area contributed by atoms with Crippen molar-refractivity contribution in [3.63, 3.8) is 0 Å². The van der Waals surface area contributed by atoms with E-state index in [0.717, 1.165) is 17.5 Å². The van der Waals surface area contributed by atoms with E-state index in [1.807, 2.05) is 31.2 Å². The molecule has 0 saturated heterocycles. The van der Waals surface area contributed by atoms with Crippen LogP contribution in [0.3, 0.4) is 0 Å². The first-order chi connectivity index (χ1) is 12.3. The van der Waals surface area contributed by atoms with E-state index < -0.39 is 28.3 Å². The molecule has 0 aliphatic rings. The molecule has 0 heterocycles. The molecule has 0 aliphatic heterocycles. The lowest BCUT2D eigenvalue weighted by molar-refractivity contribution is -0.385. The Hall–Kier alpha value is -2.94. The van der Waals surface area contributed by atoms with E-state index in [4.69, 9.17) is 0 Å². The molecule has 0 spiro atoms. The van der Waals surface area contributed by atoms with E-state index in [0.29, 0.717) is 4.47 Å². The van der Waals surface area contributed by atoms with Gasteiger partial charge in [0.15, 0.2) is 0 Å². The number of halogens is 1. The smallest absolute Gasteiger partial charge is 0.312 e. The first kappa shape index (κ1) is 19.4. The predicted octanol–water partition coefficient (Wildman–Crippen LogP) is 3.32. The topological polar surface area (TPSA) is 117 Å². The minimum atomic E-state index is -0.705. The first-order valence-corrected chi connectivity index (χ1v) is 8.40. The van der Waals surface area contributed by atoms with Crippen LogP contribution in [0.5, 0.6) is 5.75 Å². The van der Waals surface area contributed by atoms with E-state index >= 15 is 0 Å². The number of hydrazone groups is 1. The van der Waals surface area contributed by atoms with Crippen molar-refractivity contribution in [2.45, 2.75) is 19.9 Å². The molecule has 3 N–H and O–H groups in total. The summed E-state index contributed by atoms with van der Waals surface area (Å²) in [6.45, 7) is 3.62. The van der Waals surface area contributed by atoms with Crippen LogP contribution in [-0.2, 0) is 4.79 Å². The molecular weight excluding hydrogens is 404 g/mol. The van der Waals surface area contributed by atoms with Crippen LogP contribution in [0.4, 0.5) is 11.4 Å². The molecule has 2 rings (SSSR count). The van der Waals surface area contributed by atoms with Gasteiger partial charge in [0.2, 0.25) is 5.75 Å². The molecule has 1 atom stereocenters. The van der Waals surface area contributed by atoms with Crippen molar-refractivity contribution < 1.29 is 14.8 Å². The van der Waals surface area contributed by atoms with Crippen molar-refractivity contribution in [3.05, 3.63) is 62.1 Å². The fourth-order valence-corrected chi connectivity index (χ4v) is 2.62. The van der Waals surface area contributed by atoms with E-state index in [-0.39, 0.29) is 5.56 Å². The number of nitro groups is 1. The normalized spacial score (nSPS) is 12.0. The zero-order valence-corrected chi connectivity index (χ0v) is 15.6. The maximum atomic E-state index is 12.1. The molecule has 0 bridgehead atoms. The first-order valence-electron chi connectivity index (χ1n) is 7.61. The summed E-state index contributed by atoms with van der Waals surface area (Å²) in [6.07, 6.45) is 1.14. The lowest BCUT2D eigenvalue weighted by atomic mass is 10.2. The molecule has 0 fully saturated rings. The van der Waals surface area contributed by atoms with E-state index in [9.17, 15) is 20.0 Å². The number of anilines is 1. The van der Waals surface area contributed by atoms with Crippen molar-refractivity contribution in [3.8, 4) is 5.75 Å². The Morgan fingerprint density at radius 3 is 2.77 bits per heavy atom. The Kier molecular flexibility index (Phi) is 6.29. The van der Waals surface area contributed by atoms with Crippen molar-refractivity contribution in [1.82, 2.24) is 5.43 Å². The highest BCUT2D eigenvalue weighted by Crippen LogP contribution is 2.32. The van der Waals surface area contributed by atoms with Crippen LogP contribution in [0.1, 0.15) is 18.1 Å². The molecule has 0 radical (unpaired) electrons. The standard InChI is InChI=1S/C17H17BrN4O4/c1-10-4-3-5-14(6-10)20-11(2)17(24)21-19-9-12-7-13(18)8-15(16(12)23)22(25)26/h3-9,11,20,23H,1-2H3,(H,21,24)/b19-9-/t11-/m0/s1. The molecule has 8 nitrogen and oxygen atoms in total. The van der Waals surface area contributed by atoms with Gasteiger partial charge in [-0.25, -0.2) is 5.43 Å². The molecule has 136 valence electrons. The molecule has 0 aromatic heterocycles. The van der Waals surface area contributed by atoms with Gasteiger partial charge in [-0.3, -0.25) is 14.9 Å². The van der Waals surface area contributed by atoms with Crippen LogP contribution >= 0.6 is 15.9 Å². The lowest BCUT2D eigenvalue weighted by Gasteiger charge is -2.13. The number of phenols is 1. The summed E-state index contributed by atoms with van der Waals surface area (Å²) in [7, 11) is 0. The van der Waals surface area contributed by atoms with Crippen molar-refractivity contribution in [1.29, 1.82) is 0 Å². The number of benzene rings is 2. The molecule has 1 amide bonds. The fraction of sp³-hybridized carbons (Fsp3) is 0.176.